The number of allylic oxidation sites excluding steroid dienone is 1. The highest BCUT2D eigenvalue weighted by Gasteiger charge is 2.46. The maximum atomic E-state index is 13.0. The second kappa shape index (κ2) is 5.34. The second-order valence-electron chi connectivity index (χ2n) is 7.02. The van der Waals surface area contributed by atoms with Gasteiger partial charge in [0.25, 0.3) is 5.91 Å². The first-order valence-electron chi connectivity index (χ1n) is 8.40. The van der Waals surface area contributed by atoms with Gasteiger partial charge in [-0.25, -0.2) is 0 Å². The third kappa shape index (κ3) is 2.15. The van der Waals surface area contributed by atoms with E-state index in [1.54, 1.807) is 4.90 Å². The lowest BCUT2D eigenvalue weighted by Gasteiger charge is -2.31. The van der Waals surface area contributed by atoms with Crippen LogP contribution in [-0.2, 0) is 16.0 Å². The summed E-state index contributed by atoms with van der Waals surface area (Å²) in [4.78, 5) is 29.8. The van der Waals surface area contributed by atoms with Gasteiger partial charge in [-0.05, 0) is 38.0 Å². The predicted molar refractivity (Wildman–Crippen MR) is 95.1 cm³/mol. The van der Waals surface area contributed by atoms with Crippen molar-refractivity contribution in [1.82, 2.24) is 9.88 Å². The van der Waals surface area contributed by atoms with E-state index in [0.29, 0.717) is 6.42 Å². The van der Waals surface area contributed by atoms with Crippen LogP contribution in [0.1, 0.15) is 37.9 Å². The van der Waals surface area contributed by atoms with Crippen LogP contribution in [0.4, 0.5) is 0 Å². The van der Waals surface area contributed by atoms with Crippen LogP contribution in [0.15, 0.2) is 47.4 Å². The van der Waals surface area contributed by atoms with Gasteiger partial charge in [-0.3, -0.25) is 9.59 Å². The van der Waals surface area contributed by atoms with Crippen LogP contribution >= 0.6 is 0 Å². The van der Waals surface area contributed by atoms with Crippen molar-refractivity contribution in [2.24, 2.45) is 0 Å². The Balaban J connectivity index is 2.00. The molecule has 0 spiro atoms. The van der Waals surface area contributed by atoms with Gasteiger partial charge in [0.2, 0.25) is 0 Å². The quantitative estimate of drug-likeness (QED) is 0.652. The number of rotatable bonds is 2. The Hall–Kier alpha value is -2.82. The van der Waals surface area contributed by atoms with Crippen LogP contribution in [0.5, 0.6) is 0 Å². The molecule has 128 valence electrons. The molecular weight excluding hydrogens is 316 g/mol. The van der Waals surface area contributed by atoms with Gasteiger partial charge in [0, 0.05) is 23.5 Å². The van der Waals surface area contributed by atoms with Gasteiger partial charge >= 0.3 is 0 Å². The van der Waals surface area contributed by atoms with Gasteiger partial charge in [-0.15, -0.1) is 0 Å². The van der Waals surface area contributed by atoms with E-state index < -0.39 is 6.04 Å². The van der Waals surface area contributed by atoms with E-state index in [1.807, 2.05) is 44.3 Å². The number of amides is 1. The molecule has 0 bridgehead atoms. The predicted octanol–water partition coefficient (Wildman–Crippen LogP) is 3.34. The van der Waals surface area contributed by atoms with Gasteiger partial charge in [0.15, 0.2) is 5.78 Å². The fourth-order valence-electron chi connectivity index (χ4n) is 4.06. The standard InChI is InChI=1S/C20H20N2O3/c1-10(2)7-15-13-5-4-6-14-18(13)12(9-21-14)8-16-19(24)17(11(3)23)20(25)22(15)16/h4-7,9,15-16,21,24H,8H2,1-3H3/t15-,16+/m1/s1. The molecule has 0 saturated carbocycles. The first-order valence-corrected chi connectivity index (χ1v) is 8.40. The summed E-state index contributed by atoms with van der Waals surface area (Å²) < 4.78 is 0. The lowest BCUT2D eigenvalue weighted by atomic mass is 9.97. The third-order valence-corrected chi connectivity index (χ3v) is 5.05. The number of Topliss-reactive ketones (excluding diaryl/α,β-unsaturated/α-hetero) is 1. The molecule has 2 aromatic rings. The molecule has 1 aromatic heterocycles. The Morgan fingerprint density at radius 2 is 2.08 bits per heavy atom. The minimum atomic E-state index is -0.515. The number of carbonyl (C=O) groups is 2. The molecule has 0 aliphatic carbocycles. The van der Waals surface area contributed by atoms with Crippen LogP contribution in [0.25, 0.3) is 10.9 Å². The highest BCUT2D eigenvalue weighted by atomic mass is 16.3. The van der Waals surface area contributed by atoms with Gasteiger partial charge in [0.05, 0.1) is 12.1 Å². The van der Waals surface area contributed by atoms with E-state index in [2.05, 4.69) is 4.98 Å². The molecule has 1 amide bonds. The Kier molecular flexibility index (Phi) is 3.35. The Bertz CT molecular complexity index is 976. The van der Waals surface area contributed by atoms with Crippen LogP contribution in [0, 0.1) is 0 Å². The molecular formula is C20H20N2O3. The van der Waals surface area contributed by atoms with E-state index >= 15 is 0 Å². The molecule has 0 fully saturated rings. The summed E-state index contributed by atoms with van der Waals surface area (Å²) in [5.41, 5.74) is 4.08. The van der Waals surface area contributed by atoms with Crippen molar-refractivity contribution in [2.75, 3.05) is 0 Å². The van der Waals surface area contributed by atoms with Crippen molar-refractivity contribution in [3.63, 3.8) is 0 Å². The summed E-state index contributed by atoms with van der Waals surface area (Å²) in [6.45, 7) is 5.30. The lowest BCUT2D eigenvalue weighted by Crippen LogP contribution is -2.39. The van der Waals surface area contributed by atoms with Gasteiger partial charge < -0.3 is 15.0 Å². The number of aliphatic hydroxyl groups excluding tert-OH is 1. The zero-order valence-electron chi connectivity index (χ0n) is 14.5. The number of hydrogen-bond donors (Lipinski definition) is 2. The summed E-state index contributed by atoms with van der Waals surface area (Å²) in [7, 11) is 0. The van der Waals surface area contributed by atoms with Crippen molar-refractivity contribution >= 4 is 22.6 Å². The van der Waals surface area contributed by atoms with Crippen LogP contribution in [-0.4, -0.2) is 32.7 Å². The topological polar surface area (TPSA) is 73.4 Å². The normalized spacial score (nSPS) is 22.2. The number of aromatic nitrogens is 1. The average molecular weight is 336 g/mol. The molecule has 2 aliphatic rings. The van der Waals surface area contributed by atoms with Crippen LogP contribution < -0.4 is 0 Å². The molecule has 0 radical (unpaired) electrons. The number of aliphatic hydroxyl groups is 1. The molecule has 5 nitrogen and oxygen atoms in total. The maximum Gasteiger partial charge on any atom is 0.262 e. The molecule has 4 rings (SSSR count). The Morgan fingerprint density at radius 1 is 1.32 bits per heavy atom. The summed E-state index contributed by atoms with van der Waals surface area (Å²) in [6, 6.07) is 5.16. The van der Waals surface area contributed by atoms with E-state index in [1.165, 1.54) is 6.92 Å². The van der Waals surface area contributed by atoms with E-state index in [9.17, 15) is 14.7 Å². The van der Waals surface area contributed by atoms with Gasteiger partial charge in [0.1, 0.15) is 11.3 Å². The molecule has 25 heavy (non-hydrogen) atoms. The fourth-order valence-corrected chi connectivity index (χ4v) is 4.06. The smallest absolute Gasteiger partial charge is 0.262 e. The molecule has 5 heteroatoms. The van der Waals surface area contributed by atoms with Crippen molar-refractivity contribution in [1.29, 1.82) is 0 Å². The van der Waals surface area contributed by atoms with E-state index in [4.69, 9.17) is 0 Å². The molecule has 2 N–H and O–H groups in total. The van der Waals surface area contributed by atoms with Crippen molar-refractivity contribution in [2.45, 2.75) is 39.3 Å². The monoisotopic (exact) mass is 336 g/mol. The number of nitrogens with zero attached hydrogens (tertiary/aromatic N) is 1. The van der Waals surface area contributed by atoms with E-state index in [-0.39, 0.29) is 29.1 Å². The minimum absolute atomic E-state index is 0.0803. The number of carbonyl (C=O) groups excluding carboxylic acids is 2. The lowest BCUT2D eigenvalue weighted by molar-refractivity contribution is -0.130. The fraction of sp³-hybridized carbons (Fsp3) is 0.300. The van der Waals surface area contributed by atoms with Crippen LogP contribution in [0.2, 0.25) is 0 Å². The number of nitrogens with one attached hydrogen (secondary N) is 1. The number of aromatic amines is 1. The number of ketones is 1. The molecule has 3 heterocycles. The largest absolute Gasteiger partial charge is 0.509 e. The highest BCUT2D eigenvalue weighted by Crippen LogP contribution is 2.42. The summed E-state index contributed by atoms with van der Waals surface area (Å²) in [5, 5.41) is 11.7. The van der Waals surface area contributed by atoms with E-state index in [0.717, 1.165) is 27.6 Å². The van der Waals surface area contributed by atoms with Crippen molar-refractivity contribution < 1.29 is 14.7 Å². The number of fused-ring (bicyclic) bond motifs is 1. The minimum Gasteiger partial charge on any atom is -0.509 e. The zero-order valence-corrected chi connectivity index (χ0v) is 14.5. The molecule has 2 atom stereocenters. The zero-order chi connectivity index (χ0) is 17.9. The molecule has 0 saturated heterocycles. The van der Waals surface area contributed by atoms with Crippen LogP contribution in [0.3, 0.4) is 0 Å². The van der Waals surface area contributed by atoms with Gasteiger partial charge in [-0.1, -0.05) is 23.8 Å². The third-order valence-electron chi connectivity index (χ3n) is 5.05. The maximum absolute atomic E-state index is 13.0. The summed E-state index contributed by atoms with van der Waals surface area (Å²) in [6.07, 6.45) is 4.44. The Morgan fingerprint density at radius 3 is 2.76 bits per heavy atom. The highest BCUT2D eigenvalue weighted by molar-refractivity contribution is 6.20. The van der Waals surface area contributed by atoms with Crippen molar-refractivity contribution in [3.05, 3.63) is 58.5 Å². The number of hydrogen-bond acceptors (Lipinski definition) is 3. The average Bonchev–Trinajstić information content (AvgIpc) is 3.00. The molecule has 0 unspecified atom stereocenters. The number of benzene rings is 1. The first kappa shape index (κ1) is 15.7. The Labute approximate surface area is 145 Å². The summed E-state index contributed by atoms with van der Waals surface area (Å²) in [5.74, 6) is -0.880. The SMILES string of the molecule is CC(=O)C1=C(O)[C@@H]2Cc3c[nH]c4cccc(c34)[C@@H](C=C(C)C)N2C1=O. The first-order chi connectivity index (χ1) is 11.9. The van der Waals surface area contributed by atoms with Crippen molar-refractivity contribution in [3.8, 4) is 0 Å². The molecule has 1 aromatic carbocycles. The second-order valence-corrected chi connectivity index (χ2v) is 7.02. The number of H-pyrrole nitrogens is 1. The summed E-state index contributed by atoms with van der Waals surface area (Å²) >= 11 is 0. The van der Waals surface area contributed by atoms with Gasteiger partial charge in [-0.2, -0.15) is 0 Å². The molecule has 2 aliphatic heterocycles.